The first-order chi connectivity index (χ1) is 5.17. The van der Waals surface area contributed by atoms with E-state index in [4.69, 9.17) is 0 Å². The van der Waals surface area contributed by atoms with Crippen molar-refractivity contribution < 1.29 is 18.3 Å². The van der Waals surface area contributed by atoms with Crippen LogP contribution < -0.4 is 0 Å². The molecule has 1 aromatic carbocycles. The maximum atomic E-state index is 2.31. The summed E-state index contributed by atoms with van der Waals surface area (Å²) in [7, 11) is 0. The number of benzene rings is 1. The van der Waals surface area contributed by atoms with Crippen molar-refractivity contribution in [2.45, 2.75) is 24.3 Å². The van der Waals surface area contributed by atoms with E-state index in [2.05, 4.69) is 44.2 Å². The molecule has 0 unspecified atom stereocenters. The van der Waals surface area contributed by atoms with Crippen molar-refractivity contribution in [3.05, 3.63) is 35.9 Å². The summed E-state index contributed by atoms with van der Waals surface area (Å²) in [5.41, 5.74) is 1.85. The van der Waals surface area contributed by atoms with Gasteiger partial charge in [-0.2, -0.15) is 0 Å². The fourth-order valence-corrected chi connectivity index (χ4v) is 1.64. The quantitative estimate of drug-likeness (QED) is 0.641. The Bertz CT molecular complexity index is 214. The average Bonchev–Trinajstić information content (AvgIpc) is 2.06. The van der Waals surface area contributed by atoms with E-state index in [1.165, 1.54) is 28.9 Å². The van der Waals surface area contributed by atoms with Gasteiger partial charge >= 0.3 is 78.5 Å². The van der Waals surface area contributed by atoms with Gasteiger partial charge in [-0.15, -0.1) is 0 Å². The van der Waals surface area contributed by atoms with Gasteiger partial charge in [0.1, 0.15) is 0 Å². The second kappa shape index (κ2) is 3.49. The second-order valence-electron chi connectivity index (χ2n) is 3.50. The van der Waals surface area contributed by atoms with Crippen LogP contribution in [0, 0.1) is 0 Å². The topological polar surface area (TPSA) is 0 Å². The van der Waals surface area contributed by atoms with Gasteiger partial charge in [-0.05, 0) is 0 Å². The van der Waals surface area contributed by atoms with Crippen LogP contribution in [0.3, 0.4) is 0 Å². The van der Waals surface area contributed by atoms with Crippen LogP contribution in [0.25, 0.3) is 0 Å². The van der Waals surface area contributed by atoms with Crippen molar-refractivity contribution in [2.24, 2.45) is 0 Å². The molecule has 0 N–H and O–H groups in total. The average molecular weight is 199 g/mol. The van der Waals surface area contributed by atoms with Gasteiger partial charge in [0.2, 0.25) is 0 Å². The Balaban J connectivity index is 2.93. The summed E-state index contributed by atoms with van der Waals surface area (Å²) in [5.74, 6) is 0. The molecule has 0 aliphatic carbocycles. The van der Waals surface area contributed by atoms with Crippen molar-refractivity contribution in [1.82, 2.24) is 0 Å². The molecule has 0 fully saturated rings. The van der Waals surface area contributed by atoms with E-state index in [9.17, 15) is 0 Å². The zero-order valence-electron chi connectivity index (χ0n) is 7.30. The normalized spacial score (nSPS) is 11.6. The Labute approximate surface area is 78.7 Å². The van der Waals surface area contributed by atoms with Crippen LogP contribution in [-0.2, 0) is 23.7 Å². The van der Waals surface area contributed by atoms with Gasteiger partial charge in [0, 0.05) is 0 Å². The third kappa shape index (κ3) is 2.13. The zero-order chi connectivity index (χ0) is 8.32. The SMILES string of the molecule is CC(C)([CH2][Zn])c1ccccc1. The van der Waals surface area contributed by atoms with Crippen LogP contribution in [0.4, 0.5) is 0 Å². The summed E-state index contributed by atoms with van der Waals surface area (Å²) in [6, 6.07) is 10.7. The number of hydrogen-bond donors (Lipinski definition) is 0. The molecule has 1 rings (SSSR count). The minimum atomic E-state index is 0.390. The molecule has 0 aliphatic heterocycles. The molecular weight excluding hydrogens is 185 g/mol. The van der Waals surface area contributed by atoms with Gasteiger partial charge in [0.15, 0.2) is 0 Å². The first-order valence-electron chi connectivity index (χ1n) is 4.01. The van der Waals surface area contributed by atoms with Gasteiger partial charge in [-0.25, -0.2) is 0 Å². The summed E-state index contributed by atoms with van der Waals surface area (Å²) in [6.45, 7) is 4.62. The van der Waals surface area contributed by atoms with Crippen molar-refractivity contribution in [1.29, 1.82) is 0 Å². The fourth-order valence-electron chi connectivity index (χ4n) is 1.03. The molecule has 1 heteroatoms. The third-order valence-corrected chi connectivity index (χ3v) is 4.80. The van der Waals surface area contributed by atoms with Gasteiger partial charge in [0.25, 0.3) is 0 Å². The monoisotopic (exact) mass is 197 g/mol. The summed E-state index contributed by atoms with van der Waals surface area (Å²) >= 11 is 1.38. The van der Waals surface area contributed by atoms with Gasteiger partial charge in [0.05, 0.1) is 0 Å². The molecule has 55 valence electrons. The predicted molar refractivity (Wildman–Crippen MR) is 44.3 cm³/mol. The Morgan fingerprint density at radius 1 is 1.18 bits per heavy atom. The fraction of sp³-hybridized carbons (Fsp3) is 0.400. The van der Waals surface area contributed by atoms with Crippen molar-refractivity contribution in [3.63, 3.8) is 0 Å². The molecule has 11 heavy (non-hydrogen) atoms. The van der Waals surface area contributed by atoms with Crippen molar-refractivity contribution in [2.75, 3.05) is 0 Å². The summed E-state index contributed by atoms with van der Waals surface area (Å²) in [4.78, 5) is 0. The van der Waals surface area contributed by atoms with Crippen LogP contribution >= 0.6 is 0 Å². The van der Waals surface area contributed by atoms with Crippen LogP contribution in [0.5, 0.6) is 0 Å². The van der Waals surface area contributed by atoms with Gasteiger partial charge in [-0.3, -0.25) is 0 Å². The van der Waals surface area contributed by atoms with Crippen LogP contribution in [-0.4, -0.2) is 0 Å². The minimum absolute atomic E-state index is 0.390. The maximum absolute atomic E-state index is 2.31. The Morgan fingerprint density at radius 3 is 2.18 bits per heavy atom. The molecule has 0 aliphatic rings. The van der Waals surface area contributed by atoms with Crippen molar-refractivity contribution >= 4 is 0 Å². The van der Waals surface area contributed by atoms with Crippen molar-refractivity contribution in [3.8, 4) is 0 Å². The van der Waals surface area contributed by atoms with E-state index < -0.39 is 0 Å². The molecule has 0 nitrogen and oxygen atoms in total. The number of hydrogen-bond acceptors (Lipinski definition) is 0. The van der Waals surface area contributed by atoms with E-state index in [0.717, 1.165) is 0 Å². The van der Waals surface area contributed by atoms with E-state index in [1.807, 2.05) is 0 Å². The first-order valence-corrected chi connectivity index (χ1v) is 6.11. The summed E-state index contributed by atoms with van der Waals surface area (Å²) in [5, 5.41) is 1.32. The number of rotatable bonds is 2. The molecule has 0 aromatic heterocycles. The molecule has 1 aromatic rings. The Kier molecular flexibility index (Phi) is 2.84. The Morgan fingerprint density at radius 2 is 1.73 bits per heavy atom. The molecule has 0 bridgehead atoms. The van der Waals surface area contributed by atoms with E-state index in [-0.39, 0.29) is 0 Å². The van der Waals surface area contributed by atoms with Gasteiger partial charge < -0.3 is 0 Å². The standard InChI is InChI=1S/C10H13.Zn/c1-10(2,3)9-7-5-4-6-8-9;/h4-8H,1H2,2-3H3;. The molecule has 0 saturated carbocycles. The molecule has 0 spiro atoms. The van der Waals surface area contributed by atoms with E-state index in [1.54, 1.807) is 0 Å². The zero-order valence-corrected chi connectivity index (χ0v) is 10.3. The van der Waals surface area contributed by atoms with E-state index in [0.29, 0.717) is 5.41 Å². The van der Waals surface area contributed by atoms with Crippen LogP contribution in [0.15, 0.2) is 30.3 Å². The third-order valence-electron chi connectivity index (χ3n) is 2.18. The Hall–Kier alpha value is -0.157. The predicted octanol–water partition coefficient (Wildman–Crippen LogP) is 2.93. The van der Waals surface area contributed by atoms with E-state index >= 15 is 0 Å². The molecule has 0 amide bonds. The summed E-state index contributed by atoms with van der Waals surface area (Å²) < 4.78 is 0. The molecule has 0 radical (unpaired) electrons. The second-order valence-corrected chi connectivity index (χ2v) is 4.55. The molecule has 0 atom stereocenters. The molecule has 0 heterocycles. The van der Waals surface area contributed by atoms with Crippen LogP contribution in [0.1, 0.15) is 19.4 Å². The van der Waals surface area contributed by atoms with Crippen LogP contribution in [0.2, 0.25) is 5.02 Å². The molecule has 0 saturated heterocycles. The van der Waals surface area contributed by atoms with Gasteiger partial charge in [-0.1, -0.05) is 0 Å². The molecular formula is C10H13Zn. The summed E-state index contributed by atoms with van der Waals surface area (Å²) in [6.07, 6.45) is 0. The first kappa shape index (κ1) is 8.94.